The summed E-state index contributed by atoms with van der Waals surface area (Å²) >= 11 is 0. The lowest BCUT2D eigenvalue weighted by Gasteiger charge is -2.41. The number of carboxylic acids is 1. The van der Waals surface area contributed by atoms with Crippen LogP contribution < -0.4 is 5.73 Å². The van der Waals surface area contributed by atoms with Crippen LogP contribution in [0.4, 0.5) is 0 Å². The van der Waals surface area contributed by atoms with E-state index in [2.05, 4.69) is 0 Å². The summed E-state index contributed by atoms with van der Waals surface area (Å²) in [7, 11) is 0. The number of aliphatic carboxylic acids is 1. The van der Waals surface area contributed by atoms with Gasteiger partial charge in [0.25, 0.3) is 0 Å². The summed E-state index contributed by atoms with van der Waals surface area (Å²) in [6, 6.07) is 0. The fourth-order valence-corrected chi connectivity index (χ4v) is 1.45. The molecule has 0 saturated heterocycles. The summed E-state index contributed by atoms with van der Waals surface area (Å²) < 4.78 is 10.5. The minimum Gasteiger partial charge on any atom is -0.480 e. The predicted octanol–water partition coefficient (Wildman–Crippen LogP) is 0.147. The smallest absolute Gasteiger partial charge is 0.329 e. The number of carboxylic acid groups (broad SMARTS) is 1. The molecule has 6 heteroatoms. The van der Waals surface area contributed by atoms with Crippen LogP contribution in [0.1, 0.15) is 27.2 Å². The number of hydrogen-bond acceptors (Lipinski definition) is 5. The van der Waals surface area contributed by atoms with Crippen LogP contribution in [0.25, 0.3) is 0 Å². The van der Waals surface area contributed by atoms with Crippen molar-refractivity contribution in [2.24, 2.45) is 5.73 Å². The minimum atomic E-state index is -1.89. The average Bonchev–Trinajstić information content (AvgIpc) is 2.18. The summed E-state index contributed by atoms with van der Waals surface area (Å²) in [4.78, 5) is 21.7. The van der Waals surface area contributed by atoms with E-state index in [1.807, 2.05) is 0 Å². The van der Waals surface area contributed by atoms with Gasteiger partial charge in [0.15, 0.2) is 11.3 Å². The van der Waals surface area contributed by atoms with Crippen molar-refractivity contribution in [3.63, 3.8) is 0 Å². The first-order chi connectivity index (χ1) is 7.38. The van der Waals surface area contributed by atoms with Crippen molar-refractivity contribution in [1.82, 2.24) is 0 Å². The second kappa shape index (κ2) is 5.93. The van der Waals surface area contributed by atoms with Crippen LogP contribution in [-0.2, 0) is 19.1 Å². The molecule has 0 heterocycles. The van der Waals surface area contributed by atoms with Gasteiger partial charge in [-0.3, -0.25) is 0 Å². The third-order valence-corrected chi connectivity index (χ3v) is 2.44. The Hall–Kier alpha value is -0.980. The second-order valence-electron chi connectivity index (χ2n) is 3.46. The molecule has 0 saturated carbocycles. The number of carbonyl (C=O) groups excluding carboxylic acids is 1. The van der Waals surface area contributed by atoms with Crippen LogP contribution >= 0.6 is 0 Å². The highest BCUT2D eigenvalue weighted by Crippen LogP contribution is 2.28. The molecule has 1 atom stereocenters. The Balaban J connectivity index is 5.23. The molecule has 0 bridgehead atoms. The monoisotopic (exact) mass is 233 g/mol. The topological polar surface area (TPSA) is 98.9 Å². The largest absolute Gasteiger partial charge is 0.480 e. The van der Waals surface area contributed by atoms with Crippen molar-refractivity contribution >= 4 is 12.3 Å². The molecule has 94 valence electrons. The third kappa shape index (κ3) is 2.78. The zero-order valence-corrected chi connectivity index (χ0v) is 9.86. The summed E-state index contributed by atoms with van der Waals surface area (Å²) in [5.74, 6) is -2.85. The predicted molar refractivity (Wildman–Crippen MR) is 56.9 cm³/mol. The van der Waals surface area contributed by atoms with Gasteiger partial charge >= 0.3 is 5.97 Å². The Morgan fingerprint density at radius 3 is 2.06 bits per heavy atom. The summed E-state index contributed by atoms with van der Waals surface area (Å²) in [6.07, 6.45) is 0.0727. The number of nitrogens with two attached hydrogens (primary N) is 1. The van der Waals surface area contributed by atoms with Crippen LogP contribution in [-0.4, -0.2) is 41.9 Å². The van der Waals surface area contributed by atoms with E-state index in [1.165, 1.54) is 6.92 Å². The fourth-order valence-electron chi connectivity index (χ4n) is 1.45. The molecule has 6 nitrogen and oxygen atoms in total. The average molecular weight is 233 g/mol. The van der Waals surface area contributed by atoms with Crippen molar-refractivity contribution in [2.45, 2.75) is 38.5 Å². The molecule has 16 heavy (non-hydrogen) atoms. The van der Waals surface area contributed by atoms with E-state index in [1.54, 1.807) is 13.8 Å². The highest BCUT2D eigenvalue weighted by molar-refractivity contribution is 5.83. The Morgan fingerprint density at radius 2 is 1.81 bits per heavy atom. The maximum absolute atomic E-state index is 11.2. The second-order valence-corrected chi connectivity index (χ2v) is 3.46. The van der Waals surface area contributed by atoms with E-state index in [-0.39, 0.29) is 19.6 Å². The van der Waals surface area contributed by atoms with E-state index in [4.69, 9.17) is 20.3 Å². The maximum Gasteiger partial charge on any atom is 0.329 e. The minimum absolute atomic E-state index is 0.238. The zero-order valence-electron chi connectivity index (χ0n) is 9.86. The van der Waals surface area contributed by atoms with E-state index in [9.17, 15) is 9.59 Å². The molecule has 3 N–H and O–H groups in total. The van der Waals surface area contributed by atoms with Crippen LogP contribution in [0.15, 0.2) is 0 Å². The van der Waals surface area contributed by atoms with Gasteiger partial charge in [0, 0.05) is 19.6 Å². The van der Waals surface area contributed by atoms with Gasteiger partial charge in [0.2, 0.25) is 0 Å². The molecule has 1 unspecified atom stereocenters. The van der Waals surface area contributed by atoms with Crippen LogP contribution in [0, 0.1) is 0 Å². The summed E-state index contributed by atoms with van der Waals surface area (Å²) in [5, 5.41) is 9.11. The van der Waals surface area contributed by atoms with Crippen LogP contribution in [0.3, 0.4) is 0 Å². The number of ether oxygens (including phenoxy) is 2. The molecule has 0 aromatic heterocycles. The molecule has 0 aromatic carbocycles. The first-order valence-electron chi connectivity index (χ1n) is 5.11. The normalized spacial score (nSPS) is 15.5. The van der Waals surface area contributed by atoms with Gasteiger partial charge in [-0.1, -0.05) is 0 Å². The number of aldehydes is 1. The first-order valence-corrected chi connectivity index (χ1v) is 5.11. The van der Waals surface area contributed by atoms with Crippen molar-refractivity contribution < 1.29 is 24.2 Å². The molecule has 0 aromatic rings. The van der Waals surface area contributed by atoms with Crippen molar-refractivity contribution in [3.05, 3.63) is 0 Å². The molecular formula is C10H19NO5. The fraction of sp³-hybridized carbons (Fsp3) is 0.800. The molecule has 0 aliphatic rings. The van der Waals surface area contributed by atoms with Gasteiger partial charge in [-0.15, -0.1) is 0 Å². The first kappa shape index (κ1) is 15.0. The molecule has 0 radical (unpaired) electrons. The SMILES string of the molecule is CCOC(C)(OCC)C(N)(CC=O)C(=O)O. The highest BCUT2D eigenvalue weighted by atomic mass is 16.7. The van der Waals surface area contributed by atoms with Gasteiger partial charge in [0.05, 0.1) is 0 Å². The third-order valence-electron chi connectivity index (χ3n) is 2.44. The van der Waals surface area contributed by atoms with Gasteiger partial charge < -0.3 is 25.1 Å². The molecule has 0 spiro atoms. The molecule has 0 amide bonds. The Kier molecular flexibility index (Phi) is 5.57. The van der Waals surface area contributed by atoms with Gasteiger partial charge in [-0.25, -0.2) is 4.79 Å². The highest BCUT2D eigenvalue weighted by Gasteiger charge is 2.53. The Bertz CT molecular complexity index is 250. The lowest BCUT2D eigenvalue weighted by molar-refractivity contribution is -0.259. The number of hydrogen-bond donors (Lipinski definition) is 2. The zero-order chi connectivity index (χ0) is 12.8. The van der Waals surface area contributed by atoms with Crippen molar-refractivity contribution in [3.8, 4) is 0 Å². The number of rotatable bonds is 8. The van der Waals surface area contributed by atoms with E-state index in [0.717, 1.165) is 0 Å². The van der Waals surface area contributed by atoms with Gasteiger partial charge in [0.1, 0.15) is 6.29 Å². The van der Waals surface area contributed by atoms with Crippen molar-refractivity contribution in [1.29, 1.82) is 0 Å². The molecule has 0 fully saturated rings. The Labute approximate surface area is 94.7 Å². The Morgan fingerprint density at radius 1 is 1.38 bits per heavy atom. The van der Waals surface area contributed by atoms with Gasteiger partial charge in [-0.2, -0.15) is 0 Å². The van der Waals surface area contributed by atoms with E-state index in [0.29, 0.717) is 6.29 Å². The quantitative estimate of drug-likeness (QED) is 0.457. The lowest BCUT2D eigenvalue weighted by atomic mass is 9.87. The van der Waals surface area contributed by atoms with Crippen LogP contribution in [0.5, 0.6) is 0 Å². The molecular weight excluding hydrogens is 214 g/mol. The van der Waals surface area contributed by atoms with Crippen LogP contribution in [0.2, 0.25) is 0 Å². The number of carbonyl (C=O) groups is 2. The standard InChI is InChI=1S/C10H19NO5/c1-4-15-9(3,16-5-2)10(11,6-7-12)8(13)14/h7H,4-6,11H2,1-3H3,(H,13,14). The molecule has 0 aliphatic carbocycles. The summed E-state index contributed by atoms with van der Waals surface area (Å²) in [6.45, 7) is 5.29. The van der Waals surface area contributed by atoms with Gasteiger partial charge in [-0.05, 0) is 20.8 Å². The maximum atomic E-state index is 11.2. The summed E-state index contributed by atoms with van der Waals surface area (Å²) in [5.41, 5.74) is 3.83. The van der Waals surface area contributed by atoms with Crippen molar-refractivity contribution in [2.75, 3.05) is 13.2 Å². The molecule has 0 aliphatic heterocycles. The van der Waals surface area contributed by atoms with E-state index >= 15 is 0 Å². The van der Waals surface area contributed by atoms with E-state index < -0.39 is 17.3 Å². The lowest BCUT2D eigenvalue weighted by Crippen LogP contribution is -2.66. The molecule has 0 rings (SSSR count).